The van der Waals surface area contributed by atoms with Gasteiger partial charge in [0.05, 0.1) is 12.7 Å². The Bertz CT molecular complexity index is 978. The Morgan fingerprint density at radius 1 is 1.24 bits per heavy atom. The number of piperidine rings is 1. The molecule has 0 radical (unpaired) electrons. The number of methoxy groups -OCH3 is 1. The van der Waals surface area contributed by atoms with E-state index in [4.69, 9.17) is 4.74 Å². The summed E-state index contributed by atoms with van der Waals surface area (Å²) < 4.78 is 5.63. The van der Waals surface area contributed by atoms with Gasteiger partial charge in [0.15, 0.2) is 0 Å². The number of aromatic nitrogens is 1. The van der Waals surface area contributed by atoms with E-state index in [9.17, 15) is 14.4 Å². The summed E-state index contributed by atoms with van der Waals surface area (Å²) in [6, 6.07) is 6.93. The van der Waals surface area contributed by atoms with E-state index in [1.54, 1.807) is 24.4 Å². The Hall–Kier alpha value is -3.09. The molecule has 0 unspecified atom stereocenters. The summed E-state index contributed by atoms with van der Waals surface area (Å²) in [4.78, 5) is 39.5. The number of H-pyrrole nitrogens is 1. The minimum Gasteiger partial charge on any atom is -0.496 e. The Kier molecular flexibility index (Phi) is 5.77. The maximum absolute atomic E-state index is 13.1. The third kappa shape index (κ3) is 4.50. The Morgan fingerprint density at radius 3 is 2.59 bits per heavy atom. The first-order valence-electron chi connectivity index (χ1n) is 9.69. The summed E-state index contributed by atoms with van der Waals surface area (Å²) >= 11 is 0. The van der Waals surface area contributed by atoms with Gasteiger partial charge in [-0.25, -0.2) is 0 Å². The first-order valence-corrected chi connectivity index (χ1v) is 9.69. The minimum absolute atomic E-state index is 0.00611. The highest BCUT2D eigenvalue weighted by atomic mass is 16.5. The predicted octanol–water partition coefficient (Wildman–Crippen LogP) is 2.36. The molecule has 154 valence electrons. The van der Waals surface area contributed by atoms with Crippen molar-refractivity contribution in [2.24, 2.45) is 0 Å². The van der Waals surface area contributed by atoms with Crippen molar-refractivity contribution >= 4 is 11.8 Å². The van der Waals surface area contributed by atoms with Crippen LogP contribution in [0.3, 0.4) is 0 Å². The molecule has 7 heteroatoms. The molecule has 1 aliphatic heterocycles. The highest BCUT2D eigenvalue weighted by Gasteiger charge is 2.28. The molecule has 0 spiro atoms. The highest BCUT2D eigenvalue weighted by Crippen LogP contribution is 2.37. The lowest BCUT2D eigenvalue weighted by Gasteiger charge is -2.27. The summed E-state index contributed by atoms with van der Waals surface area (Å²) in [7, 11) is 1.54. The van der Waals surface area contributed by atoms with Crippen LogP contribution in [-0.2, 0) is 10.2 Å². The van der Waals surface area contributed by atoms with Crippen molar-refractivity contribution in [3.63, 3.8) is 0 Å². The number of benzene rings is 1. The Balaban J connectivity index is 2.07. The van der Waals surface area contributed by atoms with Gasteiger partial charge in [-0.05, 0) is 41.7 Å². The van der Waals surface area contributed by atoms with E-state index in [0.717, 1.165) is 5.56 Å². The molecule has 1 fully saturated rings. The fraction of sp³-hybridized carbons (Fsp3) is 0.409. The first-order chi connectivity index (χ1) is 13.7. The van der Waals surface area contributed by atoms with E-state index in [-0.39, 0.29) is 28.8 Å². The molecule has 29 heavy (non-hydrogen) atoms. The van der Waals surface area contributed by atoms with Crippen molar-refractivity contribution in [1.82, 2.24) is 15.6 Å². The molecule has 3 rings (SSSR count). The molecule has 0 aliphatic carbocycles. The van der Waals surface area contributed by atoms with Crippen LogP contribution in [-0.4, -0.2) is 36.5 Å². The molecular formula is C22H27N3O4. The lowest BCUT2D eigenvalue weighted by molar-refractivity contribution is -0.122. The fourth-order valence-electron chi connectivity index (χ4n) is 3.50. The minimum atomic E-state index is -0.309. The molecule has 2 amide bonds. The summed E-state index contributed by atoms with van der Waals surface area (Å²) in [6.45, 7) is 6.49. The Morgan fingerprint density at radius 2 is 2.00 bits per heavy atom. The predicted molar refractivity (Wildman–Crippen MR) is 111 cm³/mol. The van der Waals surface area contributed by atoms with Crippen LogP contribution >= 0.6 is 0 Å². The number of carbonyl (C=O) groups is 2. The fourth-order valence-corrected chi connectivity index (χ4v) is 3.50. The van der Waals surface area contributed by atoms with Gasteiger partial charge in [-0.15, -0.1) is 0 Å². The average Bonchev–Trinajstić information content (AvgIpc) is 2.68. The molecule has 1 aromatic carbocycles. The third-order valence-corrected chi connectivity index (χ3v) is 5.08. The van der Waals surface area contributed by atoms with Gasteiger partial charge in [0, 0.05) is 36.3 Å². The van der Waals surface area contributed by atoms with Crippen LogP contribution in [0.2, 0.25) is 0 Å². The van der Waals surface area contributed by atoms with E-state index in [1.165, 1.54) is 7.11 Å². The van der Waals surface area contributed by atoms with Gasteiger partial charge in [0.25, 0.3) is 11.5 Å². The van der Waals surface area contributed by atoms with Crippen molar-refractivity contribution in [1.29, 1.82) is 0 Å². The first kappa shape index (κ1) is 20.6. The van der Waals surface area contributed by atoms with Crippen LogP contribution in [0.15, 0.2) is 35.3 Å². The second-order valence-corrected chi connectivity index (χ2v) is 8.28. The number of nitrogens with one attached hydrogen (secondary N) is 3. The number of aromatic amines is 1. The van der Waals surface area contributed by atoms with E-state index in [1.807, 2.05) is 26.8 Å². The lowest BCUT2D eigenvalue weighted by atomic mass is 9.83. The number of rotatable bonds is 4. The van der Waals surface area contributed by atoms with Crippen LogP contribution in [0.1, 0.15) is 49.5 Å². The highest BCUT2D eigenvalue weighted by molar-refractivity contribution is 5.99. The molecule has 1 aromatic heterocycles. The van der Waals surface area contributed by atoms with Crippen molar-refractivity contribution in [3.05, 3.63) is 51.9 Å². The normalized spacial score (nSPS) is 16.8. The van der Waals surface area contributed by atoms with Crippen LogP contribution in [0.4, 0.5) is 0 Å². The average molecular weight is 397 g/mol. The molecule has 1 atom stereocenters. The lowest BCUT2D eigenvalue weighted by Crippen LogP contribution is -2.47. The number of pyridine rings is 1. The van der Waals surface area contributed by atoms with E-state index >= 15 is 0 Å². The van der Waals surface area contributed by atoms with E-state index < -0.39 is 0 Å². The zero-order valence-electron chi connectivity index (χ0n) is 17.2. The monoisotopic (exact) mass is 397 g/mol. The number of ether oxygens (including phenoxy) is 1. The topological polar surface area (TPSA) is 100 Å². The maximum Gasteiger partial charge on any atom is 0.255 e. The Labute approximate surface area is 169 Å². The van der Waals surface area contributed by atoms with E-state index in [0.29, 0.717) is 41.8 Å². The number of carbonyl (C=O) groups excluding carboxylic acids is 2. The van der Waals surface area contributed by atoms with Crippen LogP contribution in [0.25, 0.3) is 11.1 Å². The molecule has 3 N–H and O–H groups in total. The molecule has 1 saturated heterocycles. The van der Waals surface area contributed by atoms with Gasteiger partial charge in [0.2, 0.25) is 5.91 Å². The smallest absolute Gasteiger partial charge is 0.255 e. The number of hydrogen-bond donors (Lipinski definition) is 3. The standard InChI is InChI=1S/C22H27N3O4/c1-22(2,3)17-11-13(15-6-5-9-23-20(15)27)10-16(19(17)29-4)21(28)25-14-7-8-18(26)24-12-14/h5-6,9-11,14H,7-8,12H2,1-4H3,(H,23,27)(H,24,26)(H,25,28)/t14-/m0/s1. The summed E-state index contributed by atoms with van der Waals surface area (Å²) in [5, 5.41) is 5.75. The van der Waals surface area contributed by atoms with Gasteiger partial charge >= 0.3 is 0 Å². The number of amides is 2. The molecule has 7 nitrogen and oxygen atoms in total. The maximum atomic E-state index is 13.1. The third-order valence-electron chi connectivity index (χ3n) is 5.08. The molecule has 2 aromatic rings. The SMILES string of the molecule is COc1c(C(=O)N[C@H]2CCC(=O)NC2)cc(-c2ccc[nH]c2=O)cc1C(C)(C)C. The van der Waals surface area contributed by atoms with Gasteiger partial charge in [0.1, 0.15) is 5.75 Å². The summed E-state index contributed by atoms with van der Waals surface area (Å²) in [6.07, 6.45) is 2.55. The van der Waals surface area contributed by atoms with Crippen molar-refractivity contribution in [3.8, 4) is 16.9 Å². The zero-order valence-corrected chi connectivity index (χ0v) is 17.2. The molecule has 0 bridgehead atoms. The largest absolute Gasteiger partial charge is 0.496 e. The summed E-state index contributed by atoms with van der Waals surface area (Å²) in [5.41, 5.74) is 1.81. The van der Waals surface area contributed by atoms with Gasteiger partial charge in [-0.1, -0.05) is 20.8 Å². The number of hydrogen-bond acceptors (Lipinski definition) is 4. The molecular weight excluding hydrogens is 370 g/mol. The quantitative estimate of drug-likeness (QED) is 0.737. The van der Waals surface area contributed by atoms with Crippen LogP contribution in [0, 0.1) is 0 Å². The van der Waals surface area contributed by atoms with Crippen LogP contribution < -0.4 is 20.9 Å². The van der Waals surface area contributed by atoms with Crippen molar-refractivity contribution in [2.75, 3.05) is 13.7 Å². The van der Waals surface area contributed by atoms with Crippen molar-refractivity contribution in [2.45, 2.75) is 45.1 Å². The van der Waals surface area contributed by atoms with E-state index in [2.05, 4.69) is 15.6 Å². The molecule has 1 aliphatic rings. The molecule has 0 saturated carbocycles. The zero-order chi connectivity index (χ0) is 21.2. The second-order valence-electron chi connectivity index (χ2n) is 8.28. The van der Waals surface area contributed by atoms with Crippen LogP contribution in [0.5, 0.6) is 5.75 Å². The van der Waals surface area contributed by atoms with Crippen molar-refractivity contribution < 1.29 is 14.3 Å². The van der Waals surface area contributed by atoms with Gasteiger partial charge < -0.3 is 20.4 Å². The summed E-state index contributed by atoms with van der Waals surface area (Å²) in [5.74, 6) is 0.196. The molecule has 2 heterocycles. The second kappa shape index (κ2) is 8.11. The van der Waals surface area contributed by atoms with Gasteiger partial charge in [-0.3, -0.25) is 14.4 Å². The van der Waals surface area contributed by atoms with Gasteiger partial charge in [-0.2, -0.15) is 0 Å².